The number of carbonyl (C=O) groups is 1. The zero-order chi connectivity index (χ0) is 12.4. The van der Waals surface area contributed by atoms with Crippen LogP contribution in [0.1, 0.15) is 34.3 Å². The molecule has 1 aromatic rings. The first kappa shape index (κ1) is 12.6. The molecule has 92 valence electrons. The predicted molar refractivity (Wildman–Crippen MR) is 73.8 cm³/mol. The molecule has 3 heteroatoms. The fourth-order valence-corrected chi connectivity index (χ4v) is 3.06. The number of likely N-dealkylation sites (tertiary alicyclic amines) is 1. The van der Waals surface area contributed by atoms with Crippen molar-refractivity contribution in [2.75, 3.05) is 13.1 Å². The van der Waals surface area contributed by atoms with Gasteiger partial charge in [0.05, 0.1) is 0 Å². The van der Waals surface area contributed by atoms with E-state index in [-0.39, 0.29) is 5.91 Å². The van der Waals surface area contributed by atoms with Gasteiger partial charge in [0.2, 0.25) is 0 Å². The van der Waals surface area contributed by atoms with Crippen molar-refractivity contribution in [3.8, 4) is 0 Å². The fraction of sp³-hybridized carbons (Fsp3) is 0.500. The van der Waals surface area contributed by atoms with E-state index < -0.39 is 0 Å². The second-order valence-electron chi connectivity index (χ2n) is 4.87. The first-order valence-electron chi connectivity index (χ1n) is 6.08. The van der Waals surface area contributed by atoms with Gasteiger partial charge in [0, 0.05) is 23.5 Å². The Balaban J connectivity index is 2.18. The highest BCUT2D eigenvalue weighted by Crippen LogP contribution is 2.19. The predicted octanol–water partition coefficient (Wildman–Crippen LogP) is 3.30. The molecule has 1 atom stereocenters. The number of nitrogens with zero attached hydrogens (tertiary/aromatic N) is 1. The van der Waals surface area contributed by atoms with Crippen molar-refractivity contribution >= 4 is 21.8 Å². The van der Waals surface area contributed by atoms with E-state index in [1.165, 1.54) is 0 Å². The summed E-state index contributed by atoms with van der Waals surface area (Å²) in [4.78, 5) is 14.8. The van der Waals surface area contributed by atoms with Gasteiger partial charge in [-0.15, -0.1) is 0 Å². The maximum absolute atomic E-state index is 12.4. The monoisotopic (exact) mass is 295 g/mol. The molecule has 2 rings (SSSR count). The Hall–Kier alpha value is -0.830. The quantitative estimate of drug-likeness (QED) is 0.728. The molecule has 0 spiro atoms. The molecular weight excluding hydrogens is 278 g/mol. The van der Waals surface area contributed by atoms with E-state index in [0.717, 1.165) is 42.6 Å². The van der Waals surface area contributed by atoms with Crippen LogP contribution in [0.2, 0.25) is 0 Å². The largest absolute Gasteiger partial charge is 0.338 e. The normalized spacial score (nSPS) is 20.4. The lowest BCUT2D eigenvalue weighted by molar-refractivity contribution is 0.0730. The highest BCUT2D eigenvalue weighted by molar-refractivity contribution is 9.09. The summed E-state index contributed by atoms with van der Waals surface area (Å²) in [7, 11) is 0. The van der Waals surface area contributed by atoms with Crippen LogP contribution in [0.3, 0.4) is 0 Å². The van der Waals surface area contributed by atoms with Crippen LogP contribution in [0.5, 0.6) is 0 Å². The third-order valence-corrected chi connectivity index (χ3v) is 3.87. The molecule has 1 saturated heterocycles. The van der Waals surface area contributed by atoms with Crippen LogP contribution in [-0.2, 0) is 0 Å². The minimum absolute atomic E-state index is 0.168. The van der Waals surface area contributed by atoms with Gasteiger partial charge in [-0.25, -0.2) is 0 Å². The topological polar surface area (TPSA) is 20.3 Å². The lowest BCUT2D eigenvalue weighted by Crippen LogP contribution is -2.40. The average Bonchev–Trinajstić information content (AvgIpc) is 2.26. The average molecular weight is 296 g/mol. The van der Waals surface area contributed by atoms with Gasteiger partial charge in [0.15, 0.2) is 0 Å². The molecule has 0 aromatic heterocycles. The van der Waals surface area contributed by atoms with Crippen LogP contribution in [0.25, 0.3) is 0 Å². The van der Waals surface area contributed by atoms with Gasteiger partial charge in [-0.1, -0.05) is 33.1 Å². The Morgan fingerprint density at radius 2 is 1.94 bits per heavy atom. The second kappa shape index (κ2) is 5.21. The number of aryl methyl sites for hydroxylation is 2. The van der Waals surface area contributed by atoms with E-state index in [9.17, 15) is 4.79 Å². The third kappa shape index (κ3) is 3.09. The van der Waals surface area contributed by atoms with Crippen molar-refractivity contribution < 1.29 is 4.79 Å². The molecule has 0 bridgehead atoms. The summed E-state index contributed by atoms with van der Waals surface area (Å²) in [6, 6.07) is 6.06. The standard InChI is InChI=1S/C14H18BrNO/c1-10-6-11(2)8-12(7-10)14(17)16-5-3-4-13(15)9-16/h6-8,13H,3-5,9H2,1-2H3. The van der Waals surface area contributed by atoms with Crippen LogP contribution in [0, 0.1) is 13.8 Å². The fourth-order valence-electron chi connectivity index (χ4n) is 2.39. The molecule has 2 nitrogen and oxygen atoms in total. The van der Waals surface area contributed by atoms with Crippen LogP contribution in [0.4, 0.5) is 0 Å². The molecule has 0 N–H and O–H groups in total. The molecule has 1 aliphatic rings. The van der Waals surface area contributed by atoms with Gasteiger partial charge in [-0.2, -0.15) is 0 Å². The van der Waals surface area contributed by atoms with Crippen LogP contribution in [0.15, 0.2) is 18.2 Å². The summed E-state index contributed by atoms with van der Waals surface area (Å²) in [5.41, 5.74) is 3.13. The van der Waals surface area contributed by atoms with E-state index in [1.807, 2.05) is 30.9 Å². The minimum atomic E-state index is 0.168. The first-order chi connectivity index (χ1) is 8.06. The lowest BCUT2D eigenvalue weighted by Gasteiger charge is -2.30. The minimum Gasteiger partial charge on any atom is -0.338 e. The maximum Gasteiger partial charge on any atom is 0.253 e. The Bertz CT molecular complexity index is 410. The highest BCUT2D eigenvalue weighted by Gasteiger charge is 2.22. The number of piperidine rings is 1. The van der Waals surface area contributed by atoms with Crippen molar-refractivity contribution in [1.82, 2.24) is 4.90 Å². The highest BCUT2D eigenvalue weighted by atomic mass is 79.9. The summed E-state index contributed by atoms with van der Waals surface area (Å²) in [5.74, 6) is 0.168. The Morgan fingerprint density at radius 1 is 1.29 bits per heavy atom. The zero-order valence-corrected chi connectivity index (χ0v) is 12.0. The maximum atomic E-state index is 12.4. The number of carbonyl (C=O) groups excluding carboxylic acids is 1. The van der Waals surface area contributed by atoms with E-state index in [2.05, 4.69) is 22.0 Å². The molecule has 0 radical (unpaired) electrons. The van der Waals surface area contributed by atoms with Crippen molar-refractivity contribution in [3.05, 3.63) is 34.9 Å². The summed E-state index contributed by atoms with van der Waals surface area (Å²) >= 11 is 3.60. The molecule has 1 fully saturated rings. The van der Waals surface area contributed by atoms with Gasteiger partial charge in [0.1, 0.15) is 0 Å². The molecular formula is C14H18BrNO. The number of hydrogen-bond acceptors (Lipinski definition) is 1. The molecule has 1 aliphatic heterocycles. The number of rotatable bonds is 1. The van der Waals surface area contributed by atoms with Gasteiger partial charge < -0.3 is 4.90 Å². The Labute approximate surface area is 111 Å². The van der Waals surface area contributed by atoms with E-state index in [0.29, 0.717) is 4.83 Å². The van der Waals surface area contributed by atoms with Crippen molar-refractivity contribution in [2.24, 2.45) is 0 Å². The zero-order valence-electron chi connectivity index (χ0n) is 10.4. The Kier molecular flexibility index (Phi) is 3.87. The van der Waals surface area contributed by atoms with Gasteiger partial charge in [-0.05, 0) is 38.8 Å². The summed E-state index contributed by atoms with van der Waals surface area (Å²) in [5, 5.41) is 0. The smallest absolute Gasteiger partial charge is 0.253 e. The number of hydrogen-bond donors (Lipinski definition) is 0. The van der Waals surface area contributed by atoms with Crippen LogP contribution >= 0.6 is 15.9 Å². The summed E-state index contributed by atoms with van der Waals surface area (Å²) in [6.07, 6.45) is 2.25. The summed E-state index contributed by atoms with van der Waals surface area (Å²) < 4.78 is 0. The van der Waals surface area contributed by atoms with Crippen LogP contribution in [-0.4, -0.2) is 28.7 Å². The number of amides is 1. The number of alkyl halides is 1. The van der Waals surface area contributed by atoms with E-state index >= 15 is 0 Å². The lowest BCUT2D eigenvalue weighted by atomic mass is 10.0. The van der Waals surface area contributed by atoms with Crippen molar-refractivity contribution in [1.29, 1.82) is 0 Å². The SMILES string of the molecule is Cc1cc(C)cc(C(=O)N2CCCC(Br)C2)c1. The number of benzene rings is 1. The second-order valence-corrected chi connectivity index (χ2v) is 6.16. The van der Waals surface area contributed by atoms with Gasteiger partial charge in [-0.3, -0.25) is 4.79 Å². The molecule has 17 heavy (non-hydrogen) atoms. The van der Waals surface area contributed by atoms with Gasteiger partial charge >= 0.3 is 0 Å². The van der Waals surface area contributed by atoms with Crippen LogP contribution < -0.4 is 0 Å². The molecule has 0 aliphatic carbocycles. The van der Waals surface area contributed by atoms with Gasteiger partial charge in [0.25, 0.3) is 5.91 Å². The Morgan fingerprint density at radius 3 is 2.53 bits per heavy atom. The third-order valence-electron chi connectivity index (χ3n) is 3.12. The van der Waals surface area contributed by atoms with E-state index in [4.69, 9.17) is 0 Å². The molecule has 0 saturated carbocycles. The molecule has 1 aromatic carbocycles. The van der Waals surface area contributed by atoms with E-state index in [1.54, 1.807) is 0 Å². The molecule has 1 amide bonds. The summed E-state index contributed by atoms with van der Waals surface area (Å²) in [6.45, 7) is 5.78. The number of halogens is 1. The van der Waals surface area contributed by atoms with Crippen molar-refractivity contribution in [2.45, 2.75) is 31.5 Å². The van der Waals surface area contributed by atoms with Crippen molar-refractivity contribution in [3.63, 3.8) is 0 Å². The first-order valence-corrected chi connectivity index (χ1v) is 6.99. The molecule has 1 heterocycles. The molecule has 1 unspecified atom stereocenters.